The van der Waals surface area contributed by atoms with Crippen molar-refractivity contribution in [1.82, 2.24) is 14.7 Å². The van der Waals surface area contributed by atoms with E-state index in [1.165, 1.54) is 0 Å². The molecule has 3 heterocycles. The first-order valence-electron chi connectivity index (χ1n) is 15.0. The molecule has 12 heteroatoms. The summed E-state index contributed by atoms with van der Waals surface area (Å²) in [5, 5.41) is 10.8. The molecule has 1 aromatic heterocycles. The van der Waals surface area contributed by atoms with Crippen LogP contribution in [0.5, 0.6) is 0 Å². The summed E-state index contributed by atoms with van der Waals surface area (Å²) < 4.78 is 27.9. The zero-order chi connectivity index (χ0) is 32.7. The maximum atomic E-state index is 12.4. The molecular weight excluding hydrogens is 657 g/mol. The van der Waals surface area contributed by atoms with E-state index in [-0.39, 0.29) is 11.8 Å². The van der Waals surface area contributed by atoms with Crippen LogP contribution in [0.2, 0.25) is 10.0 Å². The van der Waals surface area contributed by atoms with Crippen LogP contribution in [0, 0.1) is 0 Å². The predicted octanol–water partition coefficient (Wildman–Crippen LogP) is 7.76. The minimum Gasteiger partial charge on any atom is -0.493 e. The minimum atomic E-state index is -3.92. The number of piperidine rings is 1. The normalized spacial score (nSPS) is 16.6. The quantitative estimate of drug-likeness (QED) is 0.162. The average Bonchev–Trinajstić information content (AvgIpc) is 3.65. The van der Waals surface area contributed by atoms with E-state index in [1.54, 1.807) is 30.5 Å². The molecule has 2 aliphatic heterocycles. The van der Waals surface area contributed by atoms with Crippen molar-refractivity contribution in [2.45, 2.75) is 25.2 Å². The summed E-state index contributed by atoms with van der Waals surface area (Å²) in [4.78, 5) is 22.4. The van der Waals surface area contributed by atoms with Gasteiger partial charge in [0.15, 0.2) is 0 Å². The average molecular weight is 687 g/mol. The Kier molecular flexibility index (Phi) is 8.17. The van der Waals surface area contributed by atoms with Crippen molar-refractivity contribution >= 4 is 50.7 Å². The molecule has 0 aliphatic carbocycles. The second kappa shape index (κ2) is 12.4. The maximum Gasteiger partial charge on any atom is 0.330 e. The van der Waals surface area contributed by atoms with Crippen molar-refractivity contribution in [1.29, 1.82) is 0 Å². The van der Waals surface area contributed by atoms with E-state index in [0.29, 0.717) is 28.0 Å². The number of anilines is 2. The summed E-state index contributed by atoms with van der Waals surface area (Å²) in [6.45, 7) is 0.748. The Balaban J connectivity index is 1.22. The van der Waals surface area contributed by atoms with Crippen LogP contribution in [0.4, 0.5) is 11.4 Å². The molecule has 238 valence electrons. The van der Waals surface area contributed by atoms with Gasteiger partial charge in [-0.1, -0.05) is 71.7 Å². The van der Waals surface area contributed by atoms with Crippen LogP contribution < -0.4 is 13.9 Å². The Hall–Kier alpha value is -4.77. The number of aromatic amines is 1. The first-order valence-corrected chi connectivity index (χ1v) is 17.2. The monoisotopic (exact) mass is 685 g/mol. The van der Waals surface area contributed by atoms with Crippen molar-refractivity contribution in [2.24, 2.45) is 0 Å². The standard InChI is InChI=1S/C35H29Cl2N5O4S/c36-26-12-17-29(30(37)19-26)31-20-38-35(39-31)34(25-10-15-28(16-11-25)42-21-32(43)40-47(42,45)46)24-6-4-22(5-7-24)23-8-13-27(14-9-23)41-18-2-1-3-33(41)44/h4-17,19-21,34,40,43H,1-3,18H2,(H,38,39). The number of rotatable bonds is 7. The van der Waals surface area contributed by atoms with E-state index in [4.69, 9.17) is 28.2 Å². The summed E-state index contributed by atoms with van der Waals surface area (Å²) in [5.41, 5.74) is 6.62. The molecule has 0 radical (unpaired) electrons. The molecule has 1 fully saturated rings. The SMILES string of the molecule is O=C1CCCCN1c1ccc(-c2ccc(C(c3ccc(N4C=C(O)NS4(=O)=O)cc3)c3ncc(-c4ccc(Cl)cc4Cl)[nH]3)cc2)cc1. The summed E-state index contributed by atoms with van der Waals surface area (Å²) in [5.74, 6) is 0.0311. The van der Waals surface area contributed by atoms with E-state index in [1.807, 2.05) is 71.6 Å². The third-order valence-electron chi connectivity index (χ3n) is 8.38. The second-order valence-corrected chi connectivity index (χ2v) is 13.8. The Morgan fingerprint density at radius 3 is 2.09 bits per heavy atom. The highest BCUT2D eigenvalue weighted by Crippen LogP contribution is 2.36. The van der Waals surface area contributed by atoms with Gasteiger partial charge >= 0.3 is 10.2 Å². The fraction of sp³-hybridized carbons (Fsp3) is 0.143. The summed E-state index contributed by atoms with van der Waals surface area (Å²) in [6, 6.07) is 28.6. The van der Waals surface area contributed by atoms with Crippen LogP contribution in [0.25, 0.3) is 22.4 Å². The van der Waals surface area contributed by atoms with Crippen LogP contribution in [-0.4, -0.2) is 35.9 Å². The number of imidazole rings is 1. The molecule has 2 aliphatic rings. The maximum absolute atomic E-state index is 12.4. The van der Waals surface area contributed by atoms with Crippen molar-refractivity contribution < 1.29 is 18.3 Å². The number of aromatic nitrogens is 2. The molecule has 9 nitrogen and oxygen atoms in total. The number of carbonyl (C=O) groups excluding carboxylic acids is 1. The van der Waals surface area contributed by atoms with Gasteiger partial charge in [0.05, 0.1) is 34.7 Å². The molecule has 0 saturated carbocycles. The molecule has 5 aromatic rings. The Morgan fingerprint density at radius 2 is 1.47 bits per heavy atom. The number of nitrogens with zero attached hydrogens (tertiary/aromatic N) is 3. The molecular formula is C35H29Cl2N5O4S. The van der Waals surface area contributed by atoms with Gasteiger partial charge in [0.1, 0.15) is 5.82 Å². The number of H-pyrrole nitrogens is 1. The van der Waals surface area contributed by atoms with Crippen LogP contribution in [0.1, 0.15) is 42.1 Å². The Morgan fingerprint density at radius 1 is 0.830 bits per heavy atom. The first-order chi connectivity index (χ1) is 22.7. The highest BCUT2D eigenvalue weighted by molar-refractivity contribution is 7.91. The lowest BCUT2D eigenvalue weighted by Crippen LogP contribution is -2.35. The first kappa shape index (κ1) is 30.9. The van der Waals surface area contributed by atoms with Gasteiger partial charge in [-0.2, -0.15) is 8.42 Å². The van der Waals surface area contributed by atoms with E-state index in [9.17, 15) is 18.3 Å². The lowest BCUT2D eigenvalue weighted by Gasteiger charge is -2.26. The third-order valence-corrected chi connectivity index (χ3v) is 10.2. The number of nitrogens with one attached hydrogen (secondary N) is 2. The van der Waals surface area contributed by atoms with E-state index < -0.39 is 16.1 Å². The van der Waals surface area contributed by atoms with Crippen LogP contribution in [0.3, 0.4) is 0 Å². The van der Waals surface area contributed by atoms with Gasteiger partial charge in [-0.25, -0.2) is 14.0 Å². The van der Waals surface area contributed by atoms with Crippen LogP contribution in [-0.2, 0) is 15.0 Å². The van der Waals surface area contributed by atoms with Crippen molar-refractivity contribution in [3.63, 3.8) is 0 Å². The van der Waals surface area contributed by atoms with Crippen LogP contribution in [0.15, 0.2) is 109 Å². The zero-order valence-corrected chi connectivity index (χ0v) is 27.2. The number of hydrogen-bond acceptors (Lipinski definition) is 5. The highest BCUT2D eigenvalue weighted by atomic mass is 35.5. The zero-order valence-electron chi connectivity index (χ0n) is 24.9. The largest absolute Gasteiger partial charge is 0.493 e. The second-order valence-electron chi connectivity index (χ2n) is 11.4. The highest BCUT2D eigenvalue weighted by Gasteiger charge is 2.29. The van der Waals surface area contributed by atoms with Crippen molar-refractivity contribution in [3.05, 3.63) is 136 Å². The van der Waals surface area contributed by atoms with Crippen molar-refractivity contribution in [2.75, 3.05) is 15.7 Å². The third kappa shape index (κ3) is 6.19. The number of halogens is 2. The number of amides is 1. The number of benzene rings is 4. The van der Waals surface area contributed by atoms with Crippen molar-refractivity contribution in [3.8, 4) is 22.4 Å². The minimum absolute atomic E-state index is 0.167. The van der Waals surface area contributed by atoms with Gasteiger partial charge < -0.3 is 15.0 Å². The number of aliphatic hydroxyl groups is 1. The Bertz CT molecular complexity index is 2100. The van der Waals surface area contributed by atoms with E-state index in [2.05, 4.69) is 9.71 Å². The molecule has 1 unspecified atom stereocenters. The number of hydrogen-bond donors (Lipinski definition) is 3. The van der Waals surface area contributed by atoms with Gasteiger partial charge in [0.2, 0.25) is 11.8 Å². The number of carbonyl (C=O) groups is 1. The molecule has 4 aromatic carbocycles. The Labute approximate surface area is 282 Å². The lowest BCUT2D eigenvalue weighted by atomic mass is 9.89. The van der Waals surface area contributed by atoms with Gasteiger partial charge in [-0.05, 0) is 77.6 Å². The van der Waals surface area contributed by atoms with E-state index >= 15 is 0 Å². The lowest BCUT2D eigenvalue weighted by molar-refractivity contribution is -0.119. The molecule has 1 atom stereocenters. The topological polar surface area (TPSA) is 119 Å². The fourth-order valence-electron chi connectivity index (χ4n) is 6.03. The summed E-state index contributed by atoms with van der Waals surface area (Å²) in [7, 11) is -3.92. The molecule has 7 rings (SSSR count). The molecule has 1 amide bonds. The summed E-state index contributed by atoms with van der Waals surface area (Å²) in [6.07, 6.45) is 5.39. The fourth-order valence-corrected chi connectivity index (χ4v) is 7.60. The van der Waals surface area contributed by atoms with Crippen LogP contribution >= 0.6 is 23.2 Å². The molecule has 1 saturated heterocycles. The smallest absolute Gasteiger partial charge is 0.330 e. The molecule has 47 heavy (non-hydrogen) atoms. The predicted molar refractivity (Wildman–Crippen MR) is 185 cm³/mol. The van der Waals surface area contributed by atoms with Gasteiger partial charge in [0, 0.05) is 29.2 Å². The van der Waals surface area contributed by atoms with E-state index in [0.717, 1.165) is 69.1 Å². The molecule has 3 N–H and O–H groups in total. The molecule has 0 spiro atoms. The number of aliphatic hydroxyl groups excluding tert-OH is 1. The van der Waals surface area contributed by atoms with Gasteiger partial charge in [-0.3, -0.25) is 4.79 Å². The molecule has 0 bridgehead atoms. The van der Waals surface area contributed by atoms with Gasteiger partial charge in [0.25, 0.3) is 0 Å². The van der Waals surface area contributed by atoms with Gasteiger partial charge in [-0.15, -0.1) is 0 Å². The summed E-state index contributed by atoms with van der Waals surface area (Å²) >= 11 is 12.6.